The van der Waals surface area contributed by atoms with Crippen LogP contribution in [0.25, 0.3) is 0 Å². The summed E-state index contributed by atoms with van der Waals surface area (Å²) in [6.07, 6.45) is 4.61. The van der Waals surface area contributed by atoms with E-state index in [0.717, 1.165) is 25.1 Å². The van der Waals surface area contributed by atoms with E-state index in [1.165, 1.54) is 24.9 Å². The summed E-state index contributed by atoms with van der Waals surface area (Å²) >= 11 is 1.55. The van der Waals surface area contributed by atoms with Crippen LogP contribution in [-0.4, -0.2) is 47.7 Å². The van der Waals surface area contributed by atoms with Gasteiger partial charge in [-0.1, -0.05) is 12.8 Å². The first kappa shape index (κ1) is 13.2. The SMILES string of the molecule is COC(=N)N(C)C(=O)N1CCCCCCS1. The molecule has 1 rings (SSSR count). The number of urea groups is 1. The normalized spacial score (nSPS) is 17.2. The zero-order valence-electron chi connectivity index (χ0n) is 9.86. The number of nitrogens with zero attached hydrogens (tertiary/aromatic N) is 2. The second-order valence-corrected chi connectivity index (χ2v) is 4.81. The molecule has 0 saturated carbocycles. The van der Waals surface area contributed by atoms with E-state index in [0.29, 0.717) is 0 Å². The lowest BCUT2D eigenvalue weighted by molar-refractivity contribution is 0.198. The topological polar surface area (TPSA) is 56.6 Å². The van der Waals surface area contributed by atoms with Gasteiger partial charge in [-0.25, -0.2) is 4.79 Å². The summed E-state index contributed by atoms with van der Waals surface area (Å²) in [5, 5.41) is 7.44. The highest BCUT2D eigenvalue weighted by Gasteiger charge is 2.22. The van der Waals surface area contributed by atoms with E-state index < -0.39 is 0 Å². The van der Waals surface area contributed by atoms with Crippen molar-refractivity contribution >= 4 is 24.0 Å². The number of nitrogens with one attached hydrogen (secondary N) is 1. The number of rotatable bonds is 0. The van der Waals surface area contributed by atoms with Gasteiger partial charge in [-0.15, -0.1) is 0 Å². The third kappa shape index (κ3) is 3.59. The molecule has 5 nitrogen and oxygen atoms in total. The average Bonchev–Trinajstić information content (AvgIpc) is 2.26. The zero-order chi connectivity index (χ0) is 12.0. The molecule has 0 aliphatic carbocycles. The van der Waals surface area contributed by atoms with Gasteiger partial charge in [-0.3, -0.25) is 14.6 Å². The molecule has 92 valence electrons. The molecule has 1 heterocycles. The predicted octanol–water partition coefficient (Wildman–Crippen LogP) is 2.14. The second-order valence-electron chi connectivity index (χ2n) is 3.70. The van der Waals surface area contributed by atoms with Crippen molar-refractivity contribution in [2.24, 2.45) is 0 Å². The van der Waals surface area contributed by atoms with E-state index in [4.69, 9.17) is 10.1 Å². The Morgan fingerprint density at radius 1 is 1.38 bits per heavy atom. The number of amidine groups is 1. The molecule has 1 N–H and O–H groups in total. The molecule has 0 spiro atoms. The van der Waals surface area contributed by atoms with E-state index in [1.54, 1.807) is 23.3 Å². The third-order valence-corrected chi connectivity index (χ3v) is 3.62. The van der Waals surface area contributed by atoms with Crippen LogP contribution >= 0.6 is 11.9 Å². The minimum Gasteiger partial charge on any atom is -0.468 e. The highest BCUT2D eigenvalue weighted by Crippen LogP contribution is 2.20. The molecule has 0 bridgehead atoms. The highest BCUT2D eigenvalue weighted by atomic mass is 32.2. The van der Waals surface area contributed by atoms with Gasteiger partial charge in [0.15, 0.2) is 0 Å². The number of hydrogen-bond acceptors (Lipinski definition) is 4. The molecule has 16 heavy (non-hydrogen) atoms. The van der Waals surface area contributed by atoms with Crippen molar-refractivity contribution in [3.63, 3.8) is 0 Å². The Labute approximate surface area is 101 Å². The van der Waals surface area contributed by atoms with Crippen molar-refractivity contribution < 1.29 is 9.53 Å². The lowest BCUT2D eigenvalue weighted by atomic mass is 10.2. The monoisotopic (exact) mass is 245 g/mol. The van der Waals surface area contributed by atoms with Crippen molar-refractivity contribution in [1.82, 2.24) is 9.21 Å². The summed E-state index contributed by atoms with van der Waals surface area (Å²) in [5.74, 6) is 0.972. The van der Waals surface area contributed by atoms with Gasteiger partial charge in [-0.05, 0) is 24.8 Å². The number of hydrogen-bond donors (Lipinski definition) is 1. The van der Waals surface area contributed by atoms with Crippen LogP contribution in [0.1, 0.15) is 25.7 Å². The van der Waals surface area contributed by atoms with Crippen LogP contribution in [0, 0.1) is 5.41 Å². The molecular formula is C10H19N3O2S. The molecule has 0 aromatic rings. The lowest BCUT2D eigenvalue weighted by Gasteiger charge is -2.27. The van der Waals surface area contributed by atoms with Crippen molar-refractivity contribution in [2.75, 3.05) is 26.5 Å². The number of methoxy groups -OCH3 is 1. The summed E-state index contributed by atoms with van der Waals surface area (Å²) in [6.45, 7) is 0.755. The van der Waals surface area contributed by atoms with Crippen molar-refractivity contribution in [3.05, 3.63) is 0 Å². The maximum Gasteiger partial charge on any atom is 0.337 e. The van der Waals surface area contributed by atoms with Crippen LogP contribution in [-0.2, 0) is 4.74 Å². The van der Waals surface area contributed by atoms with Gasteiger partial charge in [0.25, 0.3) is 6.02 Å². The first-order valence-electron chi connectivity index (χ1n) is 5.47. The van der Waals surface area contributed by atoms with Crippen molar-refractivity contribution in [1.29, 1.82) is 5.41 Å². The van der Waals surface area contributed by atoms with E-state index in [2.05, 4.69) is 0 Å². The Balaban J connectivity index is 2.52. The number of carbonyl (C=O) groups excluding carboxylic acids is 1. The molecule has 1 aliphatic rings. The molecule has 2 amide bonds. The Morgan fingerprint density at radius 2 is 2.06 bits per heavy atom. The highest BCUT2D eigenvalue weighted by molar-refractivity contribution is 7.97. The molecule has 6 heteroatoms. The second kappa shape index (κ2) is 6.62. The van der Waals surface area contributed by atoms with Gasteiger partial charge < -0.3 is 4.74 Å². The smallest absolute Gasteiger partial charge is 0.337 e. The van der Waals surface area contributed by atoms with Gasteiger partial charge in [-0.2, -0.15) is 0 Å². The molecule has 0 aromatic carbocycles. The number of carbonyl (C=O) groups is 1. The fourth-order valence-electron chi connectivity index (χ4n) is 1.49. The standard InChI is InChI=1S/C10H19N3O2S/c1-12(9(11)15-2)10(14)13-7-5-3-4-6-8-16-13/h11H,3-8H2,1-2H3. The van der Waals surface area contributed by atoms with Gasteiger partial charge >= 0.3 is 6.03 Å². The number of amides is 2. The first-order chi connectivity index (χ1) is 7.66. The Morgan fingerprint density at radius 3 is 2.75 bits per heavy atom. The first-order valence-corrected chi connectivity index (χ1v) is 6.41. The quantitative estimate of drug-likeness (QED) is 0.404. The van der Waals surface area contributed by atoms with Crippen molar-refractivity contribution in [3.8, 4) is 0 Å². The van der Waals surface area contributed by atoms with Crippen LogP contribution in [0.2, 0.25) is 0 Å². The molecule has 0 atom stereocenters. The zero-order valence-corrected chi connectivity index (χ0v) is 10.7. The minimum atomic E-state index is -0.168. The van der Waals surface area contributed by atoms with Gasteiger partial charge in [0.05, 0.1) is 7.11 Å². The fourth-order valence-corrected chi connectivity index (χ4v) is 2.54. The van der Waals surface area contributed by atoms with Crippen LogP contribution in [0.3, 0.4) is 0 Å². The number of ether oxygens (including phenoxy) is 1. The third-order valence-electron chi connectivity index (χ3n) is 2.50. The van der Waals surface area contributed by atoms with E-state index in [1.807, 2.05) is 0 Å². The van der Waals surface area contributed by atoms with Gasteiger partial charge in [0.1, 0.15) is 0 Å². The average molecular weight is 245 g/mol. The summed E-state index contributed by atoms with van der Waals surface area (Å²) in [4.78, 5) is 13.2. The molecular weight excluding hydrogens is 226 g/mol. The van der Waals surface area contributed by atoms with Gasteiger partial charge in [0, 0.05) is 19.3 Å². The molecule has 0 unspecified atom stereocenters. The lowest BCUT2D eigenvalue weighted by Crippen LogP contribution is -2.42. The van der Waals surface area contributed by atoms with Gasteiger partial charge in [0.2, 0.25) is 0 Å². The molecule has 1 saturated heterocycles. The van der Waals surface area contributed by atoms with E-state index in [9.17, 15) is 4.79 Å². The molecule has 0 aromatic heterocycles. The summed E-state index contributed by atoms with van der Waals surface area (Å²) < 4.78 is 6.46. The van der Waals surface area contributed by atoms with E-state index in [-0.39, 0.29) is 12.1 Å². The van der Waals surface area contributed by atoms with E-state index >= 15 is 0 Å². The summed E-state index contributed by atoms with van der Waals surface area (Å²) in [5.41, 5.74) is 0. The minimum absolute atomic E-state index is 0.118. The molecule has 1 aliphatic heterocycles. The summed E-state index contributed by atoms with van der Waals surface area (Å²) in [6, 6.07) is -0.286. The molecule has 0 radical (unpaired) electrons. The Hall–Kier alpha value is -0.910. The van der Waals surface area contributed by atoms with Crippen LogP contribution < -0.4 is 0 Å². The molecule has 1 fully saturated rings. The summed E-state index contributed by atoms with van der Waals surface area (Å²) in [7, 11) is 2.96. The predicted molar refractivity (Wildman–Crippen MR) is 65.5 cm³/mol. The Bertz CT molecular complexity index is 252. The van der Waals surface area contributed by atoms with Crippen LogP contribution in [0.4, 0.5) is 4.79 Å². The van der Waals surface area contributed by atoms with Crippen LogP contribution in [0.5, 0.6) is 0 Å². The van der Waals surface area contributed by atoms with Crippen LogP contribution in [0.15, 0.2) is 0 Å². The largest absolute Gasteiger partial charge is 0.468 e. The Kier molecular flexibility index (Phi) is 5.45. The van der Waals surface area contributed by atoms with Crippen molar-refractivity contribution in [2.45, 2.75) is 25.7 Å². The fraction of sp³-hybridized carbons (Fsp3) is 0.800. The maximum absolute atomic E-state index is 12.0. The maximum atomic E-state index is 12.0.